The first-order valence-corrected chi connectivity index (χ1v) is 21.4. The molecule has 0 spiro atoms. The zero-order valence-electron chi connectivity index (χ0n) is 33.0. The molecule has 0 radical (unpaired) electrons. The molecule has 7 rings (SSSR count). The third-order valence-electron chi connectivity index (χ3n) is 9.55. The number of thioether (sulfide) groups is 2. The maximum absolute atomic E-state index is 13.8. The molecule has 1 fully saturated rings. The standard InChI is InChI=1S/C37H34ClN11O11S3/c1-13-14(2)40-36-43-27(16-7-18(38)26(53)22(52)9-16)46-49(36)31(13)61-10-17-11-62-32-24(30(56)48(32)25(17)33(57)58)42-29(55)23(19-12-63-35(39)41-19)47-60-37(3,4)34(59)45-44-28(54)15-5-6-20(50)21(51)8-15/h5-9,12,24,32,50-53H,10-11H2,1-4H3,(H2,39,41)(H,42,55)(H,44,54)(H,45,59)(H,57,58)/t24-,32-/m1/s1. The van der Waals surface area contributed by atoms with E-state index in [2.05, 4.69) is 41.4 Å². The number of aromatic nitrogens is 5. The number of rotatable bonds is 12. The number of anilines is 1. The molecule has 1 saturated heterocycles. The number of phenolic OH excluding ortho intramolecular Hbond substituents is 4. The number of nitrogens with zero attached hydrogens (tertiary/aromatic N) is 7. The number of hydrogen-bond donors (Lipinski definition) is 9. The number of fused-ring (bicyclic) bond motifs is 2. The first-order valence-electron chi connectivity index (χ1n) is 18.2. The summed E-state index contributed by atoms with van der Waals surface area (Å²) < 4.78 is 1.47. The minimum atomic E-state index is -1.84. The Balaban J connectivity index is 1.06. The molecule has 63 heavy (non-hydrogen) atoms. The lowest BCUT2D eigenvalue weighted by Gasteiger charge is -2.49. The van der Waals surface area contributed by atoms with Crippen LogP contribution in [0.2, 0.25) is 5.02 Å². The summed E-state index contributed by atoms with van der Waals surface area (Å²) in [6, 6.07) is 4.70. The van der Waals surface area contributed by atoms with Crippen molar-refractivity contribution in [2.24, 2.45) is 5.16 Å². The number of aliphatic carboxylic acids is 1. The van der Waals surface area contributed by atoms with Gasteiger partial charge in [-0.1, -0.05) is 16.8 Å². The van der Waals surface area contributed by atoms with Crippen LogP contribution >= 0.6 is 46.5 Å². The van der Waals surface area contributed by atoms with Gasteiger partial charge in [-0.15, -0.1) is 40.0 Å². The summed E-state index contributed by atoms with van der Waals surface area (Å²) in [5.41, 5.74) is 9.47. The molecule has 2 aliphatic heterocycles. The van der Waals surface area contributed by atoms with Gasteiger partial charge in [0.25, 0.3) is 29.4 Å². The second kappa shape index (κ2) is 17.1. The van der Waals surface area contributed by atoms with Gasteiger partial charge >= 0.3 is 5.97 Å². The number of carbonyl (C=O) groups excluding carboxylic acids is 4. The lowest BCUT2D eigenvalue weighted by Crippen LogP contribution is -2.71. The second-order valence-electron chi connectivity index (χ2n) is 14.2. The van der Waals surface area contributed by atoms with Crippen molar-refractivity contribution in [3.63, 3.8) is 0 Å². The molecule has 2 aliphatic rings. The van der Waals surface area contributed by atoms with Gasteiger partial charge in [-0.2, -0.15) is 9.50 Å². The SMILES string of the molecule is Cc1nc2nc(-c3cc(O)c(O)c(Cl)c3)nn2c(SCC2=C(C(=O)O)N3C(=O)[C@@H](NC(=O)C(=NOC(C)(C)C(=O)NNC(=O)c4ccc(O)c(O)c4)c4csc(N)n4)[C@H]3SC2)c1C. The van der Waals surface area contributed by atoms with Crippen molar-refractivity contribution in [1.29, 1.82) is 0 Å². The Morgan fingerprint density at radius 1 is 1.05 bits per heavy atom. The van der Waals surface area contributed by atoms with Crippen LogP contribution in [0.1, 0.15) is 41.2 Å². The summed E-state index contributed by atoms with van der Waals surface area (Å²) in [5, 5.41) is 61.7. The molecule has 10 N–H and O–H groups in total. The van der Waals surface area contributed by atoms with Crippen molar-refractivity contribution < 1.29 is 54.3 Å². The van der Waals surface area contributed by atoms with Crippen molar-refractivity contribution in [2.75, 3.05) is 17.2 Å². The van der Waals surface area contributed by atoms with Gasteiger partial charge in [-0.05, 0) is 63.6 Å². The highest BCUT2D eigenvalue weighted by molar-refractivity contribution is 8.01. The number of carboxylic acids is 1. The molecule has 5 heterocycles. The van der Waals surface area contributed by atoms with E-state index in [4.69, 9.17) is 22.2 Å². The van der Waals surface area contributed by atoms with Gasteiger partial charge in [0.2, 0.25) is 5.60 Å². The molecule has 0 bridgehead atoms. The highest BCUT2D eigenvalue weighted by atomic mass is 35.5. The summed E-state index contributed by atoms with van der Waals surface area (Å²) in [6.07, 6.45) is 0. The molecule has 22 nitrogen and oxygen atoms in total. The maximum atomic E-state index is 13.8. The smallest absolute Gasteiger partial charge is 0.352 e. The summed E-state index contributed by atoms with van der Waals surface area (Å²) in [4.78, 5) is 85.4. The third kappa shape index (κ3) is 8.66. The second-order valence-corrected chi connectivity index (χ2v) is 17.6. The van der Waals surface area contributed by atoms with E-state index in [1.54, 1.807) is 6.92 Å². The molecule has 26 heteroatoms. The molecule has 2 aromatic carbocycles. The number of nitrogens with one attached hydrogen (secondary N) is 3. The number of amides is 4. The predicted molar refractivity (Wildman–Crippen MR) is 228 cm³/mol. The van der Waals surface area contributed by atoms with Crippen molar-refractivity contribution in [3.8, 4) is 34.4 Å². The molecule has 0 unspecified atom stereocenters. The molecule has 5 aromatic rings. The van der Waals surface area contributed by atoms with Crippen LogP contribution in [0.5, 0.6) is 23.0 Å². The van der Waals surface area contributed by atoms with Gasteiger partial charge < -0.3 is 41.4 Å². The van der Waals surface area contributed by atoms with Gasteiger partial charge in [-0.3, -0.25) is 34.9 Å². The fourth-order valence-corrected chi connectivity index (χ4v) is 9.42. The number of hydrogen-bond acceptors (Lipinski definition) is 19. The van der Waals surface area contributed by atoms with Crippen LogP contribution in [0.15, 0.2) is 57.2 Å². The minimum Gasteiger partial charge on any atom is -0.504 e. The van der Waals surface area contributed by atoms with Gasteiger partial charge in [0.05, 0.1) is 5.02 Å². The number of aryl methyl sites for hydroxylation is 1. The molecular formula is C37H34ClN11O11S3. The van der Waals surface area contributed by atoms with Gasteiger partial charge in [-0.25, -0.2) is 14.8 Å². The van der Waals surface area contributed by atoms with E-state index in [0.717, 1.165) is 33.9 Å². The number of hydrazine groups is 1. The molecule has 0 saturated carbocycles. The number of β-lactam (4-membered cyclic amide) rings is 1. The number of aromatic hydroxyl groups is 4. The maximum Gasteiger partial charge on any atom is 0.352 e. The Bertz CT molecular complexity index is 2810. The fourth-order valence-electron chi connectivity index (χ4n) is 6.03. The number of halogens is 1. The number of thiazole rings is 1. The van der Waals surface area contributed by atoms with E-state index < -0.39 is 75.3 Å². The Morgan fingerprint density at radius 2 is 1.79 bits per heavy atom. The van der Waals surface area contributed by atoms with Crippen LogP contribution < -0.4 is 21.9 Å². The highest BCUT2D eigenvalue weighted by Gasteiger charge is 2.54. The number of carboxylic acid groups (broad SMARTS) is 1. The number of oxime groups is 1. The summed E-state index contributed by atoms with van der Waals surface area (Å²) in [5.74, 6) is -6.14. The first-order chi connectivity index (χ1) is 29.7. The highest BCUT2D eigenvalue weighted by Crippen LogP contribution is 2.42. The Labute approximate surface area is 372 Å². The van der Waals surface area contributed by atoms with Crippen molar-refractivity contribution >= 4 is 92.7 Å². The lowest BCUT2D eigenvalue weighted by atomic mass is 10.0. The van der Waals surface area contributed by atoms with E-state index in [1.807, 2.05) is 6.92 Å². The van der Waals surface area contributed by atoms with Crippen molar-refractivity contribution in [2.45, 2.75) is 49.7 Å². The van der Waals surface area contributed by atoms with Gasteiger partial charge in [0.1, 0.15) is 27.8 Å². The van der Waals surface area contributed by atoms with Crippen LogP contribution in [0.25, 0.3) is 17.2 Å². The Hall–Kier alpha value is -6.83. The summed E-state index contributed by atoms with van der Waals surface area (Å²) >= 11 is 9.50. The summed E-state index contributed by atoms with van der Waals surface area (Å²) in [6.45, 7) is 6.14. The van der Waals surface area contributed by atoms with E-state index in [9.17, 15) is 49.5 Å². The van der Waals surface area contributed by atoms with E-state index in [0.29, 0.717) is 21.9 Å². The average Bonchev–Trinajstić information content (AvgIpc) is 3.87. The number of benzene rings is 2. The normalized spacial score (nSPS) is 16.4. The molecule has 4 amide bonds. The number of phenols is 4. The van der Waals surface area contributed by atoms with Gasteiger partial charge in [0.15, 0.2) is 39.7 Å². The molecule has 2 atom stereocenters. The van der Waals surface area contributed by atoms with Crippen LogP contribution in [-0.4, -0.2) is 119 Å². The quantitative estimate of drug-likeness (QED) is 0.0217. The largest absolute Gasteiger partial charge is 0.504 e. The van der Waals surface area contributed by atoms with Crippen LogP contribution in [0.3, 0.4) is 0 Å². The van der Waals surface area contributed by atoms with Crippen molar-refractivity contribution in [3.05, 3.63) is 74.5 Å². The van der Waals surface area contributed by atoms with E-state index in [-0.39, 0.29) is 50.2 Å². The summed E-state index contributed by atoms with van der Waals surface area (Å²) in [7, 11) is 0. The lowest BCUT2D eigenvalue weighted by molar-refractivity contribution is -0.150. The monoisotopic (exact) mass is 939 g/mol. The number of nitrogens with two attached hydrogens (primary N) is 1. The third-order valence-corrected chi connectivity index (χ3v) is 13.1. The number of nitrogen functional groups attached to an aromatic ring is 1. The Morgan fingerprint density at radius 3 is 2.46 bits per heavy atom. The fraction of sp³-hybridized carbons (Fsp3) is 0.243. The average molecular weight is 940 g/mol. The Kier molecular flexibility index (Phi) is 12.0. The van der Waals surface area contributed by atoms with Crippen molar-refractivity contribution in [1.82, 2.24) is 45.6 Å². The van der Waals surface area contributed by atoms with E-state index >= 15 is 0 Å². The van der Waals surface area contributed by atoms with Crippen LogP contribution in [-0.2, 0) is 24.0 Å². The van der Waals surface area contributed by atoms with Gasteiger partial charge in [0, 0.05) is 39.3 Å². The molecule has 0 aliphatic carbocycles. The zero-order valence-corrected chi connectivity index (χ0v) is 36.2. The zero-order chi connectivity index (χ0) is 45.7. The molecule has 3 aromatic heterocycles. The van der Waals surface area contributed by atoms with Crippen LogP contribution in [0.4, 0.5) is 5.13 Å². The van der Waals surface area contributed by atoms with Crippen LogP contribution in [0, 0.1) is 13.8 Å². The first kappa shape index (κ1) is 44.2. The van der Waals surface area contributed by atoms with E-state index in [1.165, 1.54) is 65.5 Å². The number of carbonyl (C=O) groups is 5. The topological polar surface area (TPSA) is 329 Å². The predicted octanol–water partition coefficient (Wildman–Crippen LogP) is 2.41. The molecule has 328 valence electrons. The molecular weight excluding hydrogens is 906 g/mol. The minimum absolute atomic E-state index is 0.0581.